The Kier molecular flexibility index (Phi) is 5.16. The van der Waals surface area contributed by atoms with Crippen LogP contribution in [0.2, 0.25) is 5.02 Å². The predicted octanol–water partition coefficient (Wildman–Crippen LogP) is 5.61. The van der Waals surface area contributed by atoms with Crippen LogP contribution in [0.5, 0.6) is 11.5 Å². The molecule has 0 amide bonds. The van der Waals surface area contributed by atoms with Gasteiger partial charge in [-0.1, -0.05) is 54.1 Å². The first-order valence-corrected chi connectivity index (χ1v) is 10.5. The van der Waals surface area contributed by atoms with E-state index in [0.29, 0.717) is 21.5 Å². The zero-order valence-electron chi connectivity index (χ0n) is 14.9. The summed E-state index contributed by atoms with van der Waals surface area (Å²) < 4.78 is 23.1. The summed E-state index contributed by atoms with van der Waals surface area (Å²) in [5.74, 6) is -0.243. The number of aromatic nitrogens is 1. The van der Waals surface area contributed by atoms with Crippen LogP contribution < -0.4 is 9.05 Å². The third-order valence-corrected chi connectivity index (χ3v) is 5.29. The summed E-state index contributed by atoms with van der Waals surface area (Å²) in [4.78, 5) is 26.0. The van der Waals surface area contributed by atoms with Crippen LogP contribution in [-0.2, 0) is 4.57 Å². The molecule has 0 spiro atoms. The van der Waals surface area contributed by atoms with Crippen molar-refractivity contribution in [2.24, 2.45) is 0 Å². The summed E-state index contributed by atoms with van der Waals surface area (Å²) in [5, 5.41) is 1.09. The molecular formula is C21H15ClNO5P. The normalized spacial score (nSPS) is 13.0. The minimum absolute atomic E-state index is 0.0462. The molecule has 0 radical (unpaired) electrons. The Bertz CT molecular complexity index is 1240. The number of fused-ring (bicyclic) bond motifs is 1. The number of carbonyl (C=O) groups excluding carboxylic acids is 1. The Hall–Kier alpha value is -3.05. The van der Waals surface area contributed by atoms with Crippen LogP contribution in [0, 0.1) is 0 Å². The van der Waals surface area contributed by atoms with Gasteiger partial charge in [-0.15, -0.1) is 0 Å². The smallest absolute Gasteiger partial charge is 0.394 e. The molecule has 2 N–H and O–H groups in total. The van der Waals surface area contributed by atoms with E-state index in [2.05, 4.69) is 4.98 Å². The molecule has 4 aromatic rings. The van der Waals surface area contributed by atoms with Gasteiger partial charge in [-0.25, -0.2) is 4.57 Å². The Morgan fingerprint density at radius 1 is 0.931 bits per heavy atom. The van der Waals surface area contributed by atoms with Crippen molar-refractivity contribution < 1.29 is 23.3 Å². The second-order valence-corrected chi connectivity index (χ2v) is 7.92. The largest absolute Gasteiger partial charge is 0.584 e. The molecule has 0 aliphatic heterocycles. The number of hydrogen-bond donors (Lipinski definition) is 2. The van der Waals surface area contributed by atoms with Gasteiger partial charge >= 0.3 is 7.82 Å². The van der Waals surface area contributed by atoms with Crippen LogP contribution >= 0.6 is 19.4 Å². The molecule has 29 heavy (non-hydrogen) atoms. The van der Waals surface area contributed by atoms with Crippen molar-refractivity contribution in [1.29, 1.82) is 0 Å². The summed E-state index contributed by atoms with van der Waals surface area (Å²) >= 11 is 5.94. The minimum Gasteiger partial charge on any atom is -0.394 e. The maximum Gasteiger partial charge on any atom is 0.584 e. The number of rotatable bonds is 6. The second kappa shape index (κ2) is 7.76. The van der Waals surface area contributed by atoms with Gasteiger partial charge in [-0.3, -0.25) is 9.69 Å². The van der Waals surface area contributed by atoms with E-state index in [0.717, 1.165) is 0 Å². The van der Waals surface area contributed by atoms with E-state index in [-0.39, 0.29) is 22.8 Å². The lowest BCUT2D eigenvalue weighted by molar-refractivity contribution is 0.103. The molecule has 1 aromatic heterocycles. The first kappa shape index (κ1) is 19.3. The third kappa shape index (κ3) is 4.20. The zero-order chi connectivity index (χ0) is 20.4. The fourth-order valence-electron chi connectivity index (χ4n) is 2.89. The maximum absolute atomic E-state index is 12.8. The quantitative estimate of drug-likeness (QED) is 0.308. The molecule has 3 aromatic carbocycles. The van der Waals surface area contributed by atoms with Crippen molar-refractivity contribution in [3.63, 3.8) is 0 Å². The number of aromatic amines is 1. The van der Waals surface area contributed by atoms with Gasteiger partial charge < -0.3 is 14.0 Å². The standard InChI is InChI=1S/C21H15ClNO5P/c22-15-10-11-16-18(12-15)23-13-20(16)28-29(25,26)27-19-9-5-4-8-17(19)21(24)14-6-2-1-3-7-14/h1-13,23H,(H,25,26). The molecule has 1 atom stereocenters. The van der Waals surface area contributed by atoms with Crippen molar-refractivity contribution >= 4 is 36.1 Å². The fourth-order valence-corrected chi connectivity index (χ4v) is 3.91. The Morgan fingerprint density at radius 2 is 1.62 bits per heavy atom. The van der Waals surface area contributed by atoms with Crippen molar-refractivity contribution in [3.05, 3.63) is 95.1 Å². The van der Waals surface area contributed by atoms with Gasteiger partial charge in [0.05, 0.1) is 11.1 Å². The maximum atomic E-state index is 12.8. The van der Waals surface area contributed by atoms with Crippen molar-refractivity contribution in [2.75, 3.05) is 0 Å². The van der Waals surface area contributed by atoms with Crippen molar-refractivity contribution in [3.8, 4) is 11.5 Å². The van der Waals surface area contributed by atoms with E-state index in [9.17, 15) is 14.3 Å². The summed E-state index contributed by atoms with van der Waals surface area (Å²) in [6, 6.07) is 19.8. The zero-order valence-corrected chi connectivity index (χ0v) is 16.6. The molecule has 1 heterocycles. The molecule has 146 valence electrons. The van der Waals surface area contributed by atoms with E-state index >= 15 is 0 Å². The van der Waals surface area contributed by atoms with Crippen LogP contribution in [0.4, 0.5) is 0 Å². The highest BCUT2D eigenvalue weighted by molar-refractivity contribution is 7.48. The first-order valence-electron chi connectivity index (χ1n) is 8.60. The van der Waals surface area contributed by atoms with Gasteiger partial charge in [0.2, 0.25) is 0 Å². The van der Waals surface area contributed by atoms with E-state index in [4.69, 9.17) is 20.6 Å². The van der Waals surface area contributed by atoms with Crippen LogP contribution in [-0.4, -0.2) is 15.7 Å². The van der Waals surface area contributed by atoms with Crippen LogP contribution in [0.1, 0.15) is 15.9 Å². The molecule has 0 bridgehead atoms. The van der Waals surface area contributed by atoms with Gasteiger partial charge in [0, 0.05) is 22.2 Å². The van der Waals surface area contributed by atoms with Gasteiger partial charge in [0.25, 0.3) is 0 Å². The summed E-state index contributed by atoms with van der Waals surface area (Å²) in [5.41, 5.74) is 1.24. The van der Waals surface area contributed by atoms with Gasteiger partial charge in [-0.2, -0.15) is 0 Å². The third-order valence-electron chi connectivity index (χ3n) is 4.20. The number of carbonyl (C=O) groups is 1. The molecule has 0 saturated heterocycles. The number of para-hydroxylation sites is 1. The highest BCUT2D eigenvalue weighted by Gasteiger charge is 2.29. The molecule has 0 aliphatic rings. The highest BCUT2D eigenvalue weighted by atomic mass is 35.5. The second-order valence-electron chi connectivity index (χ2n) is 6.19. The number of ketones is 1. The Balaban J connectivity index is 1.61. The van der Waals surface area contributed by atoms with Crippen LogP contribution in [0.25, 0.3) is 10.9 Å². The average Bonchev–Trinajstić information content (AvgIpc) is 3.09. The van der Waals surface area contributed by atoms with Crippen LogP contribution in [0.3, 0.4) is 0 Å². The molecule has 0 fully saturated rings. The number of benzene rings is 3. The molecule has 6 nitrogen and oxygen atoms in total. The molecular weight excluding hydrogens is 413 g/mol. The van der Waals surface area contributed by atoms with E-state index in [1.807, 2.05) is 0 Å². The van der Waals surface area contributed by atoms with Crippen molar-refractivity contribution in [2.45, 2.75) is 0 Å². The van der Waals surface area contributed by atoms with Crippen molar-refractivity contribution in [1.82, 2.24) is 4.98 Å². The summed E-state index contributed by atoms with van der Waals surface area (Å²) in [6.07, 6.45) is 1.44. The number of nitrogens with one attached hydrogen (secondary N) is 1. The molecule has 4 rings (SSSR count). The number of hydrogen-bond acceptors (Lipinski definition) is 4. The monoisotopic (exact) mass is 427 g/mol. The van der Waals surface area contributed by atoms with Gasteiger partial charge in [0.15, 0.2) is 11.5 Å². The minimum atomic E-state index is -4.58. The molecule has 1 unspecified atom stereocenters. The Labute approximate surface area is 171 Å². The van der Waals surface area contributed by atoms with Crippen LogP contribution in [0.15, 0.2) is 79.0 Å². The van der Waals surface area contributed by atoms with E-state index in [1.165, 1.54) is 18.3 Å². The molecule has 8 heteroatoms. The lowest BCUT2D eigenvalue weighted by Gasteiger charge is -2.15. The lowest BCUT2D eigenvalue weighted by atomic mass is 10.0. The topological polar surface area (TPSA) is 88.6 Å². The Morgan fingerprint density at radius 3 is 2.41 bits per heavy atom. The number of phosphoric ester groups is 1. The first-order chi connectivity index (χ1) is 13.9. The van der Waals surface area contributed by atoms with E-state index in [1.54, 1.807) is 60.7 Å². The highest BCUT2D eigenvalue weighted by Crippen LogP contribution is 2.47. The molecule has 0 saturated carbocycles. The molecule has 0 aliphatic carbocycles. The fraction of sp³-hybridized carbons (Fsp3) is 0. The van der Waals surface area contributed by atoms with Gasteiger partial charge in [0.1, 0.15) is 5.75 Å². The van der Waals surface area contributed by atoms with Gasteiger partial charge in [-0.05, 0) is 30.3 Å². The SMILES string of the molecule is O=C(c1ccccc1)c1ccccc1OP(=O)(O)Oc1c[nH]c2cc(Cl)ccc12. The summed E-state index contributed by atoms with van der Waals surface area (Å²) in [7, 11) is -4.58. The predicted molar refractivity (Wildman–Crippen MR) is 111 cm³/mol. The number of H-pyrrole nitrogens is 1. The number of phosphoric acid groups is 1. The average molecular weight is 428 g/mol. The number of halogens is 1. The summed E-state index contributed by atoms with van der Waals surface area (Å²) in [6.45, 7) is 0. The van der Waals surface area contributed by atoms with E-state index < -0.39 is 7.82 Å². The lowest BCUT2D eigenvalue weighted by Crippen LogP contribution is -2.06.